The molecule has 0 fully saturated rings. The molecule has 0 aromatic heterocycles. The zero-order valence-corrected chi connectivity index (χ0v) is 11.7. The van der Waals surface area contributed by atoms with Crippen LogP contribution in [0.3, 0.4) is 0 Å². The van der Waals surface area contributed by atoms with Crippen molar-refractivity contribution in [3.63, 3.8) is 0 Å². The molecule has 1 aromatic rings. The molecule has 0 saturated heterocycles. The Hall–Kier alpha value is -0.960. The van der Waals surface area contributed by atoms with Gasteiger partial charge in [-0.05, 0) is 36.8 Å². The molecule has 2 nitrogen and oxygen atoms in total. The van der Waals surface area contributed by atoms with Gasteiger partial charge in [-0.2, -0.15) is 11.8 Å². The monoisotopic (exact) mass is 264 g/mol. The molecule has 0 spiro atoms. The highest BCUT2D eigenvalue weighted by Crippen LogP contribution is 2.29. The highest BCUT2D eigenvalue weighted by molar-refractivity contribution is 7.99. The summed E-state index contributed by atoms with van der Waals surface area (Å²) in [6, 6.07) is 5.85. The van der Waals surface area contributed by atoms with Crippen molar-refractivity contribution in [1.29, 1.82) is 0 Å². The Bertz CT molecular complexity index is 415. The molecular formula is C15H20O2S. The number of fused-ring (bicyclic) bond motifs is 1. The van der Waals surface area contributed by atoms with Crippen LogP contribution in [0.4, 0.5) is 0 Å². The molecule has 0 heterocycles. The van der Waals surface area contributed by atoms with Crippen LogP contribution in [0.25, 0.3) is 0 Å². The maximum absolute atomic E-state index is 11.8. The molecule has 2 rings (SSSR count). The molecule has 0 amide bonds. The summed E-state index contributed by atoms with van der Waals surface area (Å²) in [6.07, 6.45) is 3.68. The number of ketones is 1. The molecule has 0 unspecified atom stereocenters. The number of ether oxygens (including phenoxy) is 1. The van der Waals surface area contributed by atoms with Crippen molar-refractivity contribution >= 4 is 17.5 Å². The minimum atomic E-state index is 0.267. The molecule has 0 radical (unpaired) electrons. The van der Waals surface area contributed by atoms with E-state index in [-0.39, 0.29) is 5.78 Å². The van der Waals surface area contributed by atoms with E-state index in [1.54, 1.807) is 0 Å². The van der Waals surface area contributed by atoms with Gasteiger partial charge in [-0.3, -0.25) is 4.79 Å². The Morgan fingerprint density at radius 3 is 3.06 bits per heavy atom. The molecule has 0 atom stereocenters. The summed E-state index contributed by atoms with van der Waals surface area (Å²) in [5.74, 6) is 3.49. The summed E-state index contributed by atoms with van der Waals surface area (Å²) >= 11 is 1.94. The first-order chi connectivity index (χ1) is 8.83. The zero-order valence-electron chi connectivity index (χ0n) is 10.9. The van der Waals surface area contributed by atoms with Crippen molar-refractivity contribution in [3.05, 3.63) is 29.3 Å². The molecule has 1 aliphatic rings. The third-order valence-corrected chi connectivity index (χ3v) is 4.14. The lowest BCUT2D eigenvalue weighted by atomic mass is 9.90. The second-order valence-electron chi connectivity index (χ2n) is 4.46. The van der Waals surface area contributed by atoms with Gasteiger partial charge in [0.1, 0.15) is 5.75 Å². The quantitative estimate of drug-likeness (QED) is 0.732. The van der Waals surface area contributed by atoms with Gasteiger partial charge >= 0.3 is 0 Å². The summed E-state index contributed by atoms with van der Waals surface area (Å²) < 4.78 is 5.83. The smallest absolute Gasteiger partial charge is 0.163 e. The van der Waals surface area contributed by atoms with E-state index >= 15 is 0 Å². The molecule has 98 valence electrons. The Balaban J connectivity index is 1.96. The van der Waals surface area contributed by atoms with Gasteiger partial charge in [0.05, 0.1) is 6.61 Å². The molecule has 0 bridgehead atoms. The van der Waals surface area contributed by atoms with Crippen LogP contribution < -0.4 is 4.74 Å². The molecule has 0 aliphatic heterocycles. The van der Waals surface area contributed by atoms with E-state index in [9.17, 15) is 4.79 Å². The number of Topliss-reactive ketones (excluding diaryl/α,β-unsaturated/α-hetero) is 1. The highest BCUT2D eigenvalue weighted by Gasteiger charge is 2.19. The standard InChI is InChI=1S/C15H20O2S/c1-2-18-11-5-10-17-15-9-4-6-12-13(15)7-3-8-14(12)16/h4,6,9H,2-3,5,7-8,10-11H2,1H3. The van der Waals surface area contributed by atoms with Gasteiger partial charge in [-0.15, -0.1) is 0 Å². The van der Waals surface area contributed by atoms with Crippen molar-refractivity contribution < 1.29 is 9.53 Å². The van der Waals surface area contributed by atoms with Crippen LogP contribution in [-0.2, 0) is 6.42 Å². The number of thioether (sulfide) groups is 1. The number of carbonyl (C=O) groups excluding carboxylic acids is 1. The van der Waals surface area contributed by atoms with Crippen LogP contribution in [0.15, 0.2) is 18.2 Å². The minimum absolute atomic E-state index is 0.267. The largest absolute Gasteiger partial charge is 0.493 e. The zero-order chi connectivity index (χ0) is 12.8. The fourth-order valence-corrected chi connectivity index (χ4v) is 2.88. The number of hydrogen-bond acceptors (Lipinski definition) is 3. The Labute approximate surface area is 113 Å². The summed E-state index contributed by atoms with van der Waals surface area (Å²) in [5, 5.41) is 0. The van der Waals surface area contributed by atoms with E-state index in [0.29, 0.717) is 6.42 Å². The molecule has 1 aromatic carbocycles. The number of benzene rings is 1. The van der Waals surface area contributed by atoms with E-state index < -0.39 is 0 Å². The van der Waals surface area contributed by atoms with Gasteiger partial charge in [-0.25, -0.2) is 0 Å². The van der Waals surface area contributed by atoms with Gasteiger partial charge in [0, 0.05) is 17.5 Å². The summed E-state index contributed by atoms with van der Waals surface area (Å²) in [4.78, 5) is 11.8. The molecule has 3 heteroatoms. The predicted molar refractivity (Wildman–Crippen MR) is 76.8 cm³/mol. The second-order valence-corrected chi connectivity index (χ2v) is 5.85. The lowest BCUT2D eigenvalue weighted by molar-refractivity contribution is 0.0971. The number of carbonyl (C=O) groups is 1. The molecule has 0 N–H and O–H groups in total. The van der Waals surface area contributed by atoms with Crippen LogP contribution in [0.5, 0.6) is 5.75 Å². The summed E-state index contributed by atoms with van der Waals surface area (Å²) in [7, 11) is 0. The SMILES string of the molecule is CCSCCCOc1cccc2c1CCCC2=O. The van der Waals surface area contributed by atoms with Crippen molar-refractivity contribution in [2.24, 2.45) is 0 Å². The van der Waals surface area contributed by atoms with E-state index in [0.717, 1.165) is 54.3 Å². The van der Waals surface area contributed by atoms with Crippen LogP contribution >= 0.6 is 11.8 Å². The maximum atomic E-state index is 11.8. The van der Waals surface area contributed by atoms with Crippen molar-refractivity contribution in [1.82, 2.24) is 0 Å². The molecule has 0 saturated carbocycles. The van der Waals surface area contributed by atoms with E-state index in [1.165, 1.54) is 0 Å². The van der Waals surface area contributed by atoms with Gasteiger partial charge in [0.25, 0.3) is 0 Å². The Kier molecular flexibility index (Phi) is 5.12. The van der Waals surface area contributed by atoms with Gasteiger partial charge in [0.2, 0.25) is 0 Å². The fraction of sp³-hybridized carbons (Fsp3) is 0.533. The van der Waals surface area contributed by atoms with Crippen LogP contribution in [0, 0.1) is 0 Å². The predicted octanol–water partition coefficient (Wildman–Crippen LogP) is 3.73. The van der Waals surface area contributed by atoms with E-state index in [4.69, 9.17) is 4.74 Å². The summed E-state index contributed by atoms with van der Waals surface area (Å²) in [6.45, 7) is 2.92. The van der Waals surface area contributed by atoms with E-state index in [2.05, 4.69) is 6.92 Å². The second kappa shape index (κ2) is 6.83. The molecule has 1 aliphatic carbocycles. The van der Waals surface area contributed by atoms with Crippen LogP contribution in [-0.4, -0.2) is 23.9 Å². The van der Waals surface area contributed by atoms with Crippen molar-refractivity contribution in [2.75, 3.05) is 18.1 Å². The third kappa shape index (κ3) is 3.29. The first kappa shape index (κ1) is 13.5. The molecular weight excluding hydrogens is 244 g/mol. The van der Waals surface area contributed by atoms with Crippen LogP contribution in [0.1, 0.15) is 42.1 Å². The first-order valence-electron chi connectivity index (χ1n) is 6.68. The first-order valence-corrected chi connectivity index (χ1v) is 7.84. The van der Waals surface area contributed by atoms with Crippen LogP contribution in [0.2, 0.25) is 0 Å². The lowest BCUT2D eigenvalue weighted by Crippen LogP contribution is -2.12. The highest BCUT2D eigenvalue weighted by atomic mass is 32.2. The summed E-state index contributed by atoms with van der Waals surface area (Å²) in [5.41, 5.74) is 2.00. The Morgan fingerprint density at radius 2 is 2.22 bits per heavy atom. The fourth-order valence-electron chi connectivity index (χ4n) is 2.27. The maximum Gasteiger partial charge on any atom is 0.163 e. The number of rotatable bonds is 6. The minimum Gasteiger partial charge on any atom is -0.493 e. The third-order valence-electron chi connectivity index (χ3n) is 3.16. The average molecular weight is 264 g/mol. The topological polar surface area (TPSA) is 26.3 Å². The average Bonchev–Trinajstić information content (AvgIpc) is 2.39. The Morgan fingerprint density at radius 1 is 1.33 bits per heavy atom. The van der Waals surface area contributed by atoms with Crippen molar-refractivity contribution in [2.45, 2.75) is 32.6 Å². The van der Waals surface area contributed by atoms with Gasteiger partial charge < -0.3 is 4.74 Å². The molecule has 18 heavy (non-hydrogen) atoms. The number of hydrogen-bond donors (Lipinski definition) is 0. The van der Waals surface area contributed by atoms with Crippen molar-refractivity contribution in [3.8, 4) is 5.75 Å². The lowest BCUT2D eigenvalue weighted by Gasteiger charge is -2.18. The van der Waals surface area contributed by atoms with E-state index in [1.807, 2.05) is 30.0 Å². The van der Waals surface area contributed by atoms with Gasteiger partial charge in [0.15, 0.2) is 5.78 Å². The normalized spacial score (nSPS) is 14.4. The van der Waals surface area contributed by atoms with Gasteiger partial charge in [-0.1, -0.05) is 19.1 Å².